The average molecular weight is 196 g/mol. The Morgan fingerprint density at radius 3 is 2.00 bits per heavy atom. The van der Waals surface area contributed by atoms with Crippen LogP contribution >= 0.6 is 0 Å². The Morgan fingerprint density at radius 2 is 1.77 bits per heavy atom. The summed E-state index contributed by atoms with van der Waals surface area (Å²) >= 11 is 0. The topological polar surface area (TPSA) is 34.1 Å². The van der Waals surface area contributed by atoms with Crippen LogP contribution in [0.25, 0.3) is 0 Å². The molecule has 0 saturated carbocycles. The second-order valence-corrected chi connectivity index (χ2v) is 2.81. The highest BCUT2D eigenvalue weighted by Crippen LogP contribution is 2.24. The van der Waals surface area contributed by atoms with Gasteiger partial charge in [0.25, 0.3) is 0 Å². The molecule has 0 aliphatic heterocycles. The van der Waals surface area contributed by atoms with Crippen molar-refractivity contribution in [3.05, 3.63) is 0 Å². The number of rotatable bonds is 4. The Kier molecular flexibility index (Phi) is 4.10. The van der Waals surface area contributed by atoms with Crippen molar-refractivity contribution in [2.24, 2.45) is 5.92 Å². The number of carbonyl (C=O) groups is 2. The van der Waals surface area contributed by atoms with E-state index in [0.29, 0.717) is 6.42 Å². The number of carbonyl (C=O) groups excluding carboxylic acids is 2. The van der Waals surface area contributed by atoms with Crippen molar-refractivity contribution in [1.82, 2.24) is 0 Å². The van der Waals surface area contributed by atoms with E-state index in [0.717, 1.165) is 6.92 Å². The number of alkyl halides is 3. The first-order valence-corrected chi connectivity index (χ1v) is 3.92. The standard InChI is InChI=1S/C8H11F3O2/c1-3-4-6(5(2)12)7(13)8(9,10)11/h6H,3-4H2,1-2H3. The lowest BCUT2D eigenvalue weighted by Gasteiger charge is -2.13. The molecule has 0 fully saturated rings. The number of hydrogen-bond acceptors (Lipinski definition) is 2. The Balaban J connectivity index is 4.56. The van der Waals surface area contributed by atoms with E-state index in [4.69, 9.17) is 0 Å². The monoisotopic (exact) mass is 196 g/mol. The maximum absolute atomic E-state index is 11.9. The zero-order chi connectivity index (χ0) is 10.6. The second kappa shape index (κ2) is 4.39. The highest BCUT2D eigenvalue weighted by molar-refractivity contribution is 6.03. The summed E-state index contributed by atoms with van der Waals surface area (Å²) in [7, 11) is 0. The second-order valence-electron chi connectivity index (χ2n) is 2.81. The van der Waals surface area contributed by atoms with Crippen molar-refractivity contribution >= 4 is 11.6 Å². The summed E-state index contributed by atoms with van der Waals surface area (Å²) in [6.07, 6.45) is -4.55. The molecular weight excluding hydrogens is 185 g/mol. The third-order valence-electron chi connectivity index (χ3n) is 1.66. The summed E-state index contributed by atoms with van der Waals surface area (Å²) in [4.78, 5) is 21.4. The fourth-order valence-corrected chi connectivity index (χ4v) is 1.01. The molecule has 0 bridgehead atoms. The van der Waals surface area contributed by atoms with Gasteiger partial charge in [-0.1, -0.05) is 13.3 Å². The Bertz CT molecular complexity index is 208. The molecule has 0 aliphatic carbocycles. The molecule has 0 aromatic rings. The first kappa shape index (κ1) is 12.1. The first-order chi connectivity index (χ1) is 5.80. The molecule has 0 aromatic carbocycles. The minimum absolute atomic E-state index is 0.0341. The van der Waals surface area contributed by atoms with Crippen LogP contribution in [0.1, 0.15) is 26.7 Å². The van der Waals surface area contributed by atoms with Crippen LogP contribution in [0.15, 0.2) is 0 Å². The molecule has 0 amide bonds. The van der Waals surface area contributed by atoms with Crippen molar-refractivity contribution in [2.45, 2.75) is 32.9 Å². The smallest absolute Gasteiger partial charge is 0.299 e. The summed E-state index contributed by atoms with van der Waals surface area (Å²) in [5, 5.41) is 0. The molecule has 0 aliphatic rings. The van der Waals surface area contributed by atoms with Gasteiger partial charge in [0.05, 0.1) is 5.92 Å². The number of ketones is 2. The summed E-state index contributed by atoms with van der Waals surface area (Å²) < 4.78 is 35.6. The van der Waals surface area contributed by atoms with Crippen LogP contribution < -0.4 is 0 Å². The largest absolute Gasteiger partial charge is 0.450 e. The molecule has 0 heterocycles. The minimum atomic E-state index is -4.90. The maximum Gasteiger partial charge on any atom is 0.450 e. The molecule has 0 N–H and O–H groups in total. The summed E-state index contributed by atoms with van der Waals surface area (Å²) in [5.41, 5.74) is 0. The van der Waals surface area contributed by atoms with E-state index in [1.54, 1.807) is 6.92 Å². The quantitative estimate of drug-likeness (QED) is 0.645. The molecule has 0 radical (unpaired) electrons. The molecule has 5 heteroatoms. The van der Waals surface area contributed by atoms with E-state index in [-0.39, 0.29) is 6.42 Å². The predicted molar refractivity (Wildman–Crippen MR) is 40.1 cm³/mol. The van der Waals surface area contributed by atoms with Gasteiger partial charge in [0.2, 0.25) is 5.78 Å². The van der Waals surface area contributed by atoms with E-state index in [9.17, 15) is 22.8 Å². The third kappa shape index (κ3) is 3.57. The normalized spacial score (nSPS) is 13.9. The van der Waals surface area contributed by atoms with E-state index >= 15 is 0 Å². The average Bonchev–Trinajstić information content (AvgIpc) is 1.96. The first-order valence-electron chi connectivity index (χ1n) is 3.92. The van der Waals surface area contributed by atoms with Crippen LogP contribution in [0.4, 0.5) is 13.2 Å². The summed E-state index contributed by atoms with van der Waals surface area (Å²) in [5.74, 6) is -4.16. The summed E-state index contributed by atoms with van der Waals surface area (Å²) in [6.45, 7) is 2.63. The summed E-state index contributed by atoms with van der Waals surface area (Å²) in [6, 6.07) is 0. The van der Waals surface area contributed by atoms with Crippen LogP contribution in [0.5, 0.6) is 0 Å². The molecule has 0 rings (SSSR count). The molecule has 0 aromatic heterocycles. The van der Waals surface area contributed by atoms with Crippen molar-refractivity contribution in [3.8, 4) is 0 Å². The lowest BCUT2D eigenvalue weighted by atomic mass is 9.94. The van der Waals surface area contributed by atoms with E-state index in [1.807, 2.05) is 0 Å². The Morgan fingerprint density at radius 1 is 1.31 bits per heavy atom. The predicted octanol–water partition coefficient (Wildman–Crippen LogP) is 2.12. The molecule has 0 saturated heterocycles. The van der Waals surface area contributed by atoms with Crippen LogP contribution in [0, 0.1) is 5.92 Å². The van der Waals surface area contributed by atoms with Crippen molar-refractivity contribution in [1.29, 1.82) is 0 Å². The Hall–Kier alpha value is -0.870. The van der Waals surface area contributed by atoms with Gasteiger partial charge < -0.3 is 0 Å². The van der Waals surface area contributed by atoms with Gasteiger partial charge in [0.15, 0.2) is 0 Å². The fourth-order valence-electron chi connectivity index (χ4n) is 1.01. The van der Waals surface area contributed by atoms with Crippen LogP contribution in [0.2, 0.25) is 0 Å². The maximum atomic E-state index is 11.9. The van der Waals surface area contributed by atoms with Gasteiger partial charge in [-0.05, 0) is 13.3 Å². The van der Waals surface area contributed by atoms with Gasteiger partial charge in [-0.15, -0.1) is 0 Å². The van der Waals surface area contributed by atoms with Crippen molar-refractivity contribution in [2.75, 3.05) is 0 Å². The highest BCUT2D eigenvalue weighted by atomic mass is 19.4. The molecule has 1 unspecified atom stereocenters. The van der Waals surface area contributed by atoms with Gasteiger partial charge in [-0.2, -0.15) is 13.2 Å². The van der Waals surface area contributed by atoms with Crippen LogP contribution in [0.3, 0.4) is 0 Å². The number of hydrogen-bond donors (Lipinski definition) is 0. The van der Waals surface area contributed by atoms with Crippen LogP contribution in [-0.2, 0) is 9.59 Å². The molecule has 13 heavy (non-hydrogen) atoms. The van der Waals surface area contributed by atoms with Gasteiger partial charge in [-0.3, -0.25) is 9.59 Å². The number of halogens is 3. The Labute approximate surface area is 74.1 Å². The number of Topliss-reactive ketones (excluding diaryl/α,β-unsaturated/α-hetero) is 2. The van der Waals surface area contributed by atoms with Gasteiger partial charge in [0, 0.05) is 0 Å². The SMILES string of the molecule is CCCC(C(C)=O)C(=O)C(F)(F)F. The van der Waals surface area contributed by atoms with Gasteiger partial charge in [0.1, 0.15) is 5.78 Å². The van der Waals surface area contributed by atoms with E-state index in [2.05, 4.69) is 0 Å². The van der Waals surface area contributed by atoms with Crippen molar-refractivity contribution in [3.63, 3.8) is 0 Å². The lowest BCUT2D eigenvalue weighted by molar-refractivity contribution is -0.176. The van der Waals surface area contributed by atoms with E-state index in [1.165, 1.54) is 0 Å². The molecule has 76 valence electrons. The van der Waals surface area contributed by atoms with Gasteiger partial charge in [-0.25, -0.2) is 0 Å². The highest BCUT2D eigenvalue weighted by Gasteiger charge is 2.44. The zero-order valence-corrected chi connectivity index (χ0v) is 7.44. The molecule has 2 nitrogen and oxygen atoms in total. The van der Waals surface area contributed by atoms with Crippen molar-refractivity contribution < 1.29 is 22.8 Å². The minimum Gasteiger partial charge on any atom is -0.299 e. The van der Waals surface area contributed by atoms with E-state index < -0.39 is 23.7 Å². The molecular formula is C8H11F3O2. The molecule has 1 atom stereocenters. The van der Waals surface area contributed by atoms with Gasteiger partial charge >= 0.3 is 6.18 Å². The van der Waals surface area contributed by atoms with Crippen LogP contribution in [-0.4, -0.2) is 17.7 Å². The third-order valence-corrected chi connectivity index (χ3v) is 1.66. The zero-order valence-electron chi connectivity index (χ0n) is 7.44. The molecule has 0 spiro atoms. The lowest BCUT2D eigenvalue weighted by Crippen LogP contribution is -2.34. The fraction of sp³-hybridized carbons (Fsp3) is 0.750.